The molecule has 0 saturated heterocycles. The van der Waals surface area contributed by atoms with Gasteiger partial charge in [0.05, 0.1) is 12.6 Å². The summed E-state index contributed by atoms with van der Waals surface area (Å²) in [6.45, 7) is 4.67. The van der Waals surface area contributed by atoms with Crippen LogP contribution in [-0.4, -0.2) is 27.4 Å². The second-order valence-corrected chi connectivity index (χ2v) is 6.27. The first kappa shape index (κ1) is 14.2. The van der Waals surface area contributed by atoms with Crippen LogP contribution < -0.4 is 5.32 Å². The Hall–Kier alpha value is -1.72. The first-order chi connectivity index (χ1) is 10.1. The minimum atomic E-state index is -0.230. The third-order valence-electron chi connectivity index (χ3n) is 4.43. The van der Waals surface area contributed by atoms with Gasteiger partial charge in [-0.25, -0.2) is 0 Å². The van der Waals surface area contributed by atoms with Crippen LogP contribution in [-0.2, 0) is 13.0 Å². The standard InChI is InChI=1S/C16H21N3O2/c1-16(2)12(9-13(16)20)17-10-15-18-14(19-21-15)8-11-6-4-3-5-7-11/h3-7,12-13,17,20H,8-10H2,1-2H3. The molecule has 112 valence electrons. The summed E-state index contributed by atoms with van der Waals surface area (Å²) in [4.78, 5) is 4.40. The molecule has 3 rings (SSSR count). The predicted octanol–water partition coefficient (Wildman–Crippen LogP) is 1.91. The number of aliphatic hydroxyl groups is 1. The number of hydrogen-bond acceptors (Lipinski definition) is 5. The highest BCUT2D eigenvalue weighted by atomic mass is 16.5. The largest absolute Gasteiger partial charge is 0.392 e. The van der Waals surface area contributed by atoms with Gasteiger partial charge in [-0.1, -0.05) is 49.3 Å². The molecule has 1 aliphatic rings. The van der Waals surface area contributed by atoms with Gasteiger partial charge in [0.2, 0.25) is 5.89 Å². The maximum Gasteiger partial charge on any atom is 0.240 e. The van der Waals surface area contributed by atoms with Gasteiger partial charge in [0, 0.05) is 17.9 Å². The zero-order valence-corrected chi connectivity index (χ0v) is 12.4. The first-order valence-electron chi connectivity index (χ1n) is 7.32. The van der Waals surface area contributed by atoms with Crippen molar-refractivity contribution in [2.45, 2.75) is 45.4 Å². The quantitative estimate of drug-likeness (QED) is 0.879. The van der Waals surface area contributed by atoms with Crippen LogP contribution in [0, 0.1) is 5.41 Å². The summed E-state index contributed by atoms with van der Waals surface area (Å²) in [6, 6.07) is 10.4. The van der Waals surface area contributed by atoms with Crippen LogP contribution in [0.5, 0.6) is 0 Å². The molecular weight excluding hydrogens is 266 g/mol. The fourth-order valence-electron chi connectivity index (χ4n) is 2.67. The Labute approximate surface area is 124 Å². The van der Waals surface area contributed by atoms with Gasteiger partial charge in [-0.15, -0.1) is 0 Å². The lowest BCUT2D eigenvalue weighted by molar-refractivity contribution is -0.0736. The summed E-state index contributed by atoms with van der Waals surface area (Å²) in [7, 11) is 0. The minimum absolute atomic E-state index is 0.0904. The fourth-order valence-corrected chi connectivity index (χ4v) is 2.67. The highest BCUT2D eigenvalue weighted by molar-refractivity contribution is 5.18. The average molecular weight is 287 g/mol. The third-order valence-corrected chi connectivity index (χ3v) is 4.43. The topological polar surface area (TPSA) is 71.2 Å². The number of nitrogens with zero attached hydrogens (tertiary/aromatic N) is 2. The van der Waals surface area contributed by atoms with Crippen LogP contribution in [0.4, 0.5) is 0 Å². The van der Waals surface area contributed by atoms with Crippen LogP contribution in [0.15, 0.2) is 34.9 Å². The Balaban J connectivity index is 1.54. The Morgan fingerprint density at radius 3 is 2.76 bits per heavy atom. The number of benzene rings is 1. The Bertz CT molecular complexity index is 595. The van der Waals surface area contributed by atoms with E-state index in [1.54, 1.807) is 0 Å². The molecule has 2 aromatic rings. The maximum atomic E-state index is 9.72. The molecule has 0 spiro atoms. The van der Waals surface area contributed by atoms with Gasteiger partial charge < -0.3 is 14.9 Å². The maximum absolute atomic E-state index is 9.72. The van der Waals surface area contributed by atoms with Gasteiger partial charge in [-0.2, -0.15) is 4.98 Å². The molecule has 1 aromatic carbocycles. The smallest absolute Gasteiger partial charge is 0.240 e. The fraction of sp³-hybridized carbons (Fsp3) is 0.500. The van der Waals surface area contributed by atoms with Crippen molar-refractivity contribution in [2.24, 2.45) is 5.41 Å². The lowest BCUT2D eigenvalue weighted by Gasteiger charge is -2.49. The van der Waals surface area contributed by atoms with Crippen molar-refractivity contribution in [2.75, 3.05) is 0 Å². The van der Waals surface area contributed by atoms with E-state index in [9.17, 15) is 5.11 Å². The van der Waals surface area contributed by atoms with Crippen LogP contribution in [0.1, 0.15) is 37.5 Å². The summed E-state index contributed by atoms with van der Waals surface area (Å²) < 4.78 is 5.26. The molecule has 2 atom stereocenters. The molecule has 1 aromatic heterocycles. The summed E-state index contributed by atoms with van der Waals surface area (Å²) >= 11 is 0. The Kier molecular flexibility index (Phi) is 3.78. The van der Waals surface area contributed by atoms with Crippen molar-refractivity contribution in [3.05, 3.63) is 47.6 Å². The Morgan fingerprint density at radius 2 is 2.10 bits per heavy atom. The SMILES string of the molecule is CC1(C)C(O)CC1NCc1nc(Cc2ccccc2)no1. The molecule has 5 heteroatoms. The van der Waals surface area contributed by atoms with E-state index < -0.39 is 0 Å². The first-order valence-corrected chi connectivity index (χ1v) is 7.32. The van der Waals surface area contributed by atoms with Gasteiger partial charge in [0.25, 0.3) is 0 Å². The molecule has 0 bridgehead atoms. The van der Waals surface area contributed by atoms with Crippen molar-refractivity contribution in [3.8, 4) is 0 Å². The third kappa shape index (κ3) is 2.99. The summed E-state index contributed by atoms with van der Waals surface area (Å²) in [5, 5.41) is 17.1. The van der Waals surface area contributed by atoms with Crippen molar-refractivity contribution in [1.82, 2.24) is 15.5 Å². The number of hydrogen-bond donors (Lipinski definition) is 2. The van der Waals surface area contributed by atoms with Crippen LogP contribution in [0.25, 0.3) is 0 Å². The predicted molar refractivity (Wildman–Crippen MR) is 78.6 cm³/mol. The van der Waals surface area contributed by atoms with Crippen molar-refractivity contribution in [1.29, 1.82) is 0 Å². The molecule has 1 saturated carbocycles. The molecule has 0 radical (unpaired) electrons. The number of rotatable bonds is 5. The molecule has 0 aliphatic heterocycles. The van der Waals surface area contributed by atoms with Crippen molar-refractivity contribution < 1.29 is 9.63 Å². The van der Waals surface area contributed by atoms with Gasteiger partial charge >= 0.3 is 0 Å². The number of aromatic nitrogens is 2. The van der Waals surface area contributed by atoms with Crippen molar-refractivity contribution >= 4 is 0 Å². The molecule has 5 nitrogen and oxygen atoms in total. The van der Waals surface area contributed by atoms with Crippen LogP contribution in [0.2, 0.25) is 0 Å². The number of nitrogens with one attached hydrogen (secondary N) is 1. The molecule has 2 unspecified atom stereocenters. The van der Waals surface area contributed by atoms with Gasteiger partial charge in [-0.3, -0.25) is 0 Å². The molecule has 1 aliphatic carbocycles. The molecule has 2 N–H and O–H groups in total. The zero-order chi connectivity index (χ0) is 14.9. The highest BCUT2D eigenvalue weighted by Crippen LogP contribution is 2.40. The van der Waals surface area contributed by atoms with Gasteiger partial charge in [0.15, 0.2) is 5.82 Å². The average Bonchev–Trinajstić information content (AvgIpc) is 2.92. The van der Waals surface area contributed by atoms with Crippen LogP contribution >= 0.6 is 0 Å². The van der Waals surface area contributed by atoms with E-state index in [1.165, 1.54) is 5.56 Å². The van der Waals surface area contributed by atoms with E-state index in [-0.39, 0.29) is 17.6 Å². The summed E-state index contributed by atoms with van der Waals surface area (Å²) in [5.74, 6) is 1.30. The van der Waals surface area contributed by atoms with Gasteiger partial charge in [-0.05, 0) is 12.0 Å². The summed E-state index contributed by atoms with van der Waals surface area (Å²) in [5.41, 5.74) is 1.08. The molecule has 1 fully saturated rings. The second kappa shape index (κ2) is 5.58. The Morgan fingerprint density at radius 1 is 1.33 bits per heavy atom. The second-order valence-electron chi connectivity index (χ2n) is 6.27. The monoisotopic (exact) mass is 287 g/mol. The van der Waals surface area contributed by atoms with E-state index in [1.807, 2.05) is 30.3 Å². The van der Waals surface area contributed by atoms with E-state index in [2.05, 4.69) is 29.3 Å². The number of aliphatic hydroxyl groups excluding tert-OH is 1. The van der Waals surface area contributed by atoms with Gasteiger partial charge in [0.1, 0.15) is 0 Å². The molecule has 21 heavy (non-hydrogen) atoms. The lowest BCUT2D eigenvalue weighted by atomic mass is 9.64. The molecule has 1 heterocycles. The molecule has 0 amide bonds. The molecular formula is C16H21N3O2. The zero-order valence-electron chi connectivity index (χ0n) is 12.4. The van der Waals surface area contributed by atoms with Crippen LogP contribution in [0.3, 0.4) is 0 Å². The van der Waals surface area contributed by atoms with E-state index in [4.69, 9.17) is 4.52 Å². The normalized spacial score (nSPS) is 23.8. The summed E-state index contributed by atoms with van der Waals surface area (Å²) in [6.07, 6.45) is 1.22. The minimum Gasteiger partial charge on any atom is -0.392 e. The van der Waals surface area contributed by atoms with Crippen molar-refractivity contribution in [3.63, 3.8) is 0 Å². The van der Waals surface area contributed by atoms with E-state index in [0.717, 1.165) is 6.42 Å². The van der Waals surface area contributed by atoms with E-state index >= 15 is 0 Å². The highest BCUT2D eigenvalue weighted by Gasteiger charge is 2.46. The lowest BCUT2D eigenvalue weighted by Crippen LogP contribution is -2.59. The van der Waals surface area contributed by atoms with E-state index in [0.29, 0.717) is 24.7 Å².